The fraction of sp³-hybridized carbons (Fsp3) is 0.500. The van der Waals surface area contributed by atoms with E-state index < -0.39 is 0 Å². The third kappa shape index (κ3) is 2.50. The number of methoxy groups -OCH3 is 2. The first kappa shape index (κ1) is 14.0. The van der Waals surface area contributed by atoms with Crippen LogP contribution in [0.15, 0.2) is 12.1 Å². The summed E-state index contributed by atoms with van der Waals surface area (Å²) in [7, 11) is 3.27. The van der Waals surface area contributed by atoms with E-state index in [1.165, 1.54) is 0 Å². The summed E-state index contributed by atoms with van der Waals surface area (Å²) in [5.74, 6) is 2.97. The van der Waals surface area contributed by atoms with Crippen LogP contribution in [0.25, 0.3) is 11.0 Å². The zero-order chi connectivity index (χ0) is 14.0. The second-order valence-corrected chi connectivity index (χ2v) is 5.00. The molecule has 0 saturated heterocycles. The fourth-order valence-corrected chi connectivity index (χ4v) is 2.48. The molecule has 0 spiro atoms. The van der Waals surface area contributed by atoms with Crippen molar-refractivity contribution in [3.8, 4) is 11.5 Å². The van der Waals surface area contributed by atoms with Crippen molar-refractivity contribution in [2.75, 3.05) is 20.1 Å². The summed E-state index contributed by atoms with van der Waals surface area (Å²) in [6.07, 6.45) is 0.749. The molecule has 0 aliphatic heterocycles. The molecule has 2 aromatic rings. The number of alkyl halides is 1. The highest BCUT2D eigenvalue weighted by Crippen LogP contribution is 2.33. The molecular weight excluding hydrogens is 264 g/mol. The van der Waals surface area contributed by atoms with Crippen LogP contribution >= 0.6 is 11.6 Å². The van der Waals surface area contributed by atoms with Gasteiger partial charge in [0.25, 0.3) is 0 Å². The van der Waals surface area contributed by atoms with Crippen LogP contribution in [0, 0.1) is 0 Å². The van der Waals surface area contributed by atoms with Crippen LogP contribution in [0.5, 0.6) is 11.5 Å². The van der Waals surface area contributed by atoms with E-state index in [-0.39, 0.29) is 0 Å². The molecule has 4 nitrogen and oxygen atoms in total. The second kappa shape index (κ2) is 5.70. The number of hydrogen-bond donors (Lipinski definition) is 0. The topological polar surface area (TPSA) is 36.3 Å². The van der Waals surface area contributed by atoms with E-state index in [1.54, 1.807) is 14.2 Å². The molecule has 0 bridgehead atoms. The van der Waals surface area contributed by atoms with E-state index in [1.807, 2.05) is 12.1 Å². The van der Waals surface area contributed by atoms with Crippen molar-refractivity contribution in [1.29, 1.82) is 0 Å². The van der Waals surface area contributed by atoms with Crippen molar-refractivity contribution in [2.24, 2.45) is 0 Å². The first-order valence-corrected chi connectivity index (χ1v) is 6.84. The molecule has 19 heavy (non-hydrogen) atoms. The molecule has 2 rings (SSSR count). The van der Waals surface area contributed by atoms with Crippen LogP contribution in [-0.4, -0.2) is 29.7 Å². The largest absolute Gasteiger partial charge is 0.493 e. The van der Waals surface area contributed by atoms with Gasteiger partial charge in [0, 0.05) is 30.5 Å². The summed E-state index contributed by atoms with van der Waals surface area (Å²) in [6.45, 7) is 4.27. The number of halogens is 1. The zero-order valence-corrected chi connectivity index (χ0v) is 12.5. The van der Waals surface area contributed by atoms with Crippen LogP contribution in [0.1, 0.15) is 25.7 Å². The standard InChI is InChI=1S/C14H19ClN2O2/c1-9(2)17-11-8-13(19-4)12(18-3)7-10(11)16-14(17)5-6-15/h7-9H,5-6H2,1-4H3. The molecule has 0 saturated carbocycles. The van der Waals surface area contributed by atoms with E-state index in [0.717, 1.165) is 23.3 Å². The Labute approximate surface area is 118 Å². The van der Waals surface area contributed by atoms with Gasteiger partial charge in [-0.2, -0.15) is 0 Å². The quantitative estimate of drug-likeness (QED) is 0.789. The Morgan fingerprint density at radius 1 is 1.21 bits per heavy atom. The first-order valence-electron chi connectivity index (χ1n) is 6.31. The Morgan fingerprint density at radius 2 is 1.84 bits per heavy atom. The molecule has 0 atom stereocenters. The van der Waals surface area contributed by atoms with Gasteiger partial charge in [0.2, 0.25) is 0 Å². The molecule has 1 aromatic carbocycles. The monoisotopic (exact) mass is 282 g/mol. The lowest BCUT2D eigenvalue weighted by atomic mass is 10.2. The van der Waals surface area contributed by atoms with Gasteiger partial charge in [-0.25, -0.2) is 4.98 Å². The summed E-state index contributed by atoms with van der Waals surface area (Å²) < 4.78 is 12.9. The van der Waals surface area contributed by atoms with Gasteiger partial charge in [0.05, 0.1) is 25.3 Å². The predicted molar refractivity (Wildman–Crippen MR) is 77.6 cm³/mol. The second-order valence-electron chi connectivity index (χ2n) is 4.63. The zero-order valence-electron chi connectivity index (χ0n) is 11.7. The van der Waals surface area contributed by atoms with Gasteiger partial charge in [-0.3, -0.25) is 0 Å². The SMILES string of the molecule is COc1cc2nc(CCCl)n(C(C)C)c2cc1OC. The molecule has 0 aliphatic carbocycles. The average molecular weight is 283 g/mol. The summed E-state index contributed by atoms with van der Waals surface area (Å²) >= 11 is 5.85. The highest BCUT2D eigenvalue weighted by molar-refractivity contribution is 6.17. The molecule has 0 radical (unpaired) electrons. The molecule has 104 valence electrons. The summed E-state index contributed by atoms with van der Waals surface area (Å²) in [4.78, 5) is 4.65. The first-order chi connectivity index (χ1) is 9.12. The Kier molecular flexibility index (Phi) is 4.20. The lowest BCUT2D eigenvalue weighted by Gasteiger charge is -2.13. The number of imidazole rings is 1. The summed E-state index contributed by atoms with van der Waals surface area (Å²) in [5, 5.41) is 0. The maximum Gasteiger partial charge on any atom is 0.163 e. The highest BCUT2D eigenvalue weighted by Gasteiger charge is 2.16. The maximum atomic E-state index is 5.85. The molecular formula is C14H19ClN2O2. The van der Waals surface area contributed by atoms with Crippen molar-refractivity contribution in [1.82, 2.24) is 9.55 Å². The molecule has 0 fully saturated rings. The van der Waals surface area contributed by atoms with Gasteiger partial charge >= 0.3 is 0 Å². The van der Waals surface area contributed by atoms with E-state index in [0.29, 0.717) is 23.4 Å². The van der Waals surface area contributed by atoms with E-state index in [4.69, 9.17) is 21.1 Å². The van der Waals surface area contributed by atoms with Gasteiger partial charge in [0.15, 0.2) is 11.5 Å². The fourth-order valence-electron chi connectivity index (χ4n) is 2.31. The van der Waals surface area contributed by atoms with Crippen molar-refractivity contribution in [3.05, 3.63) is 18.0 Å². The summed E-state index contributed by atoms with van der Waals surface area (Å²) in [5.41, 5.74) is 1.96. The number of nitrogens with zero attached hydrogens (tertiary/aromatic N) is 2. The van der Waals surface area contributed by atoms with Gasteiger partial charge in [0.1, 0.15) is 5.82 Å². The smallest absolute Gasteiger partial charge is 0.163 e. The Balaban J connectivity index is 2.69. The Morgan fingerprint density at radius 3 is 2.37 bits per heavy atom. The van der Waals surface area contributed by atoms with Gasteiger partial charge in [-0.05, 0) is 13.8 Å². The van der Waals surface area contributed by atoms with Gasteiger partial charge < -0.3 is 14.0 Å². The molecule has 0 amide bonds. The third-order valence-electron chi connectivity index (χ3n) is 3.10. The van der Waals surface area contributed by atoms with Crippen LogP contribution in [0.2, 0.25) is 0 Å². The molecule has 5 heteroatoms. The minimum atomic E-state index is 0.321. The average Bonchev–Trinajstić information content (AvgIpc) is 2.74. The highest BCUT2D eigenvalue weighted by atomic mass is 35.5. The van der Waals surface area contributed by atoms with Crippen LogP contribution < -0.4 is 9.47 Å². The minimum Gasteiger partial charge on any atom is -0.493 e. The number of aromatic nitrogens is 2. The number of ether oxygens (including phenoxy) is 2. The number of benzene rings is 1. The van der Waals surface area contributed by atoms with E-state index in [9.17, 15) is 0 Å². The lowest BCUT2D eigenvalue weighted by molar-refractivity contribution is 0.355. The lowest BCUT2D eigenvalue weighted by Crippen LogP contribution is -2.07. The number of fused-ring (bicyclic) bond motifs is 1. The van der Waals surface area contributed by atoms with Crippen molar-refractivity contribution >= 4 is 22.6 Å². The minimum absolute atomic E-state index is 0.321. The van der Waals surface area contributed by atoms with Crippen molar-refractivity contribution in [3.63, 3.8) is 0 Å². The third-order valence-corrected chi connectivity index (χ3v) is 3.29. The van der Waals surface area contributed by atoms with Gasteiger partial charge in [-0.1, -0.05) is 0 Å². The molecule has 0 aliphatic rings. The van der Waals surface area contributed by atoms with Crippen LogP contribution in [0.3, 0.4) is 0 Å². The number of hydrogen-bond acceptors (Lipinski definition) is 3. The molecule has 0 unspecified atom stereocenters. The van der Waals surface area contributed by atoms with Gasteiger partial charge in [-0.15, -0.1) is 11.6 Å². The number of rotatable bonds is 5. The van der Waals surface area contributed by atoms with Crippen molar-refractivity contribution in [2.45, 2.75) is 26.3 Å². The molecule has 1 aromatic heterocycles. The van der Waals surface area contributed by atoms with Crippen molar-refractivity contribution < 1.29 is 9.47 Å². The Hall–Kier alpha value is -1.42. The maximum absolute atomic E-state index is 5.85. The van der Waals surface area contributed by atoms with E-state index >= 15 is 0 Å². The Bertz CT molecular complexity index is 578. The van der Waals surface area contributed by atoms with Crippen LogP contribution in [0.4, 0.5) is 0 Å². The van der Waals surface area contributed by atoms with E-state index in [2.05, 4.69) is 23.4 Å². The molecule has 1 heterocycles. The van der Waals surface area contributed by atoms with Crippen LogP contribution in [-0.2, 0) is 6.42 Å². The predicted octanol–water partition coefficient (Wildman–Crippen LogP) is 3.42. The summed E-state index contributed by atoms with van der Waals surface area (Å²) in [6, 6.07) is 4.20. The molecule has 0 N–H and O–H groups in total. The number of aryl methyl sites for hydroxylation is 1. The normalized spacial score (nSPS) is 11.3.